The van der Waals surface area contributed by atoms with Gasteiger partial charge in [0.05, 0.1) is 13.7 Å². The number of carbonyl (C=O) groups is 1. The largest absolute Gasteiger partial charge is 0.497 e. The van der Waals surface area contributed by atoms with Gasteiger partial charge in [-0.2, -0.15) is 0 Å². The van der Waals surface area contributed by atoms with E-state index in [9.17, 15) is 9.18 Å². The van der Waals surface area contributed by atoms with Crippen molar-refractivity contribution in [2.75, 3.05) is 13.7 Å². The van der Waals surface area contributed by atoms with Crippen LogP contribution in [0, 0.1) is 5.82 Å². The van der Waals surface area contributed by atoms with Gasteiger partial charge in [-0.1, -0.05) is 18.2 Å². The van der Waals surface area contributed by atoms with Gasteiger partial charge in [0.1, 0.15) is 29.2 Å². The van der Waals surface area contributed by atoms with Crippen molar-refractivity contribution in [1.29, 1.82) is 0 Å². The Labute approximate surface area is 169 Å². The van der Waals surface area contributed by atoms with Crippen LogP contribution >= 0.6 is 0 Å². The highest BCUT2D eigenvalue weighted by Crippen LogP contribution is 2.23. The summed E-state index contributed by atoms with van der Waals surface area (Å²) in [6.45, 7) is 0.395. The summed E-state index contributed by atoms with van der Waals surface area (Å²) in [4.78, 5) is 16.8. The number of aromatic nitrogens is 2. The van der Waals surface area contributed by atoms with E-state index in [0.29, 0.717) is 30.2 Å². The lowest BCUT2D eigenvalue weighted by Gasteiger charge is -2.19. The molecule has 0 bridgehead atoms. The average Bonchev–Trinajstić information content (AvgIpc) is 3.16. The summed E-state index contributed by atoms with van der Waals surface area (Å²) in [6.07, 6.45) is 4.17. The molecule has 6 nitrogen and oxygen atoms in total. The zero-order valence-corrected chi connectivity index (χ0v) is 16.5. The Morgan fingerprint density at radius 2 is 1.90 bits per heavy atom. The summed E-state index contributed by atoms with van der Waals surface area (Å²) in [6, 6.07) is 13.0. The third-order valence-corrected chi connectivity index (χ3v) is 4.51. The number of nitrogens with one attached hydrogen (secondary N) is 1. The first-order chi connectivity index (χ1) is 14.1. The Balaban J connectivity index is 1.57. The minimum atomic E-state index is -0.661. The van der Waals surface area contributed by atoms with Crippen LogP contribution in [0.1, 0.15) is 30.3 Å². The normalized spacial score (nSPS) is 11.7. The Morgan fingerprint density at radius 3 is 2.55 bits per heavy atom. The molecule has 0 fully saturated rings. The van der Waals surface area contributed by atoms with Gasteiger partial charge in [-0.15, -0.1) is 0 Å². The first-order valence-corrected chi connectivity index (χ1v) is 9.36. The maximum absolute atomic E-state index is 14.3. The molecule has 0 aliphatic rings. The van der Waals surface area contributed by atoms with Crippen LogP contribution in [0.15, 0.2) is 60.9 Å². The lowest BCUT2D eigenvalue weighted by molar-refractivity contribution is -0.121. The molecule has 0 spiro atoms. The van der Waals surface area contributed by atoms with E-state index in [1.54, 1.807) is 42.3 Å². The average molecular weight is 397 g/mol. The molecule has 0 saturated carbocycles. The topological polar surface area (TPSA) is 65.4 Å². The third-order valence-electron chi connectivity index (χ3n) is 4.51. The number of methoxy groups -OCH3 is 1. The van der Waals surface area contributed by atoms with Gasteiger partial charge >= 0.3 is 0 Å². The van der Waals surface area contributed by atoms with Crippen LogP contribution in [0.25, 0.3) is 0 Å². The maximum atomic E-state index is 14.3. The van der Waals surface area contributed by atoms with E-state index < -0.39 is 6.04 Å². The molecular weight excluding hydrogens is 373 g/mol. The molecule has 1 unspecified atom stereocenters. The van der Waals surface area contributed by atoms with Crippen LogP contribution < -0.4 is 14.8 Å². The molecule has 1 atom stereocenters. The van der Waals surface area contributed by atoms with E-state index in [1.807, 2.05) is 31.3 Å². The van der Waals surface area contributed by atoms with Gasteiger partial charge in [0, 0.05) is 31.4 Å². The number of nitrogens with zero attached hydrogens (tertiary/aromatic N) is 2. The minimum absolute atomic E-state index is 0.195. The number of benzene rings is 2. The Hall–Kier alpha value is -3.35. The SMILES string of the molecule is COc1ccc(OCCCC(=O)NC(c2ccccc2F)c2nccn2C)cc1. The molecule has 0 saturated heterocycles. The number of hydrogen-bond donors (Lipinski definition) is 1. The van der Waals surface area contributed by atoms with E-state index in [1.165, 1.54) is 6.07 Å². The number of aryl methyl sites for hydroxylation is 1. The highest BCUT2D eigenvalue weighted by Gasteiger charge is 2.23. The number of imidazole rings is 1. The van der Waals surface area contributed by atoms with Crippen molar-refractivity contribution in [3.63, 3.8) is 0 Å². The highest BCUT2D eigenvalue weighted by atomic mass is 19.1. The lowest BCUT2D eigenvalue weighted by Crippen LogP contribution is -2.31. The predicted octanol–water partition coefficient (Wildman–Crippen LogP) is 3.63. The predicted molar refractivity (Wildman–Crippen MR) is 107 cm³/mol. The van der Waals surface area contributed by atoms with Crippen molar-refractivity contribution in [1.82, 2.24) is 14.9 Å². The second-order valence-electron chi connectivity index (χ2n) is 6.55. The van der Waals surface area contributed by atoms with Crippen LogP contribution in [0.3, 0.4) is 0 Å². The minimum Gasteiger partial charge on any atom is -0.497 e. The molecule has 1 N–H and O–H groups in total. The molecule has 1 amide bonds. The number of ether oxygens (including phenoxy) is 2. The zero-order chi connectivity index (χ0) is 20.6. The molecule has 3 rings (SSSR count). The number of amides is 1. The van der Waals surface area contributed by atoms with Gasteiger partial charge in [-0.05, 0) is 36.8 Å². The molecule has 3 aromatic rings. The van der Waals surface area contributed by atoms with Crippen LogP contribution in [-0.4, -0.2) is 29.2 Å². The van der Waals surface area contributed by atoms with Crippen molar-refractivity contribution in [3.8, 4) is 11.5 Å². The molecule has 7 heteroatoms. The molecule has 0 radical (unpaired) electrons. The molecular formula is C22H24FN3O3. The Morgan fingerprint density at radius 1 is 1.17 bits per heavy atom. The van der Waals surface area contributed by atoms with Crippen LogP contribution in [0.2, 0.25) is 0 Å². The van der Waals surface area contributed by atoms with Crippen LogP contribution in [0.4, 0.5) is 4.39 Å². The van der Waals surface area contributed by atoms with Crippen molar-refractivity contribution in [3.05, 3.63) is 78.1 Å². The first-order valence-electron chi connectivity index (χ1n) is 9.36. The van der Waals surface area contributed by atoms with Gasteiger partial charge in [-0.3, -0.25) is 4.79 Å². The Kier molecular flexibility index (Phi) is 6.84. The molecule has 152 valence electrons. The number of halogens is 1. The zero-order valence-electron chi connectivity index (χ0n) is 16.5. The van der Waals surface area contributed by atoms with E-state index in [2.05, 4.69) is 10.3 Å². The van der Waals surface area contributed by atoms with E-state index in [0.717, 1.165) is 5.75 Å². The van der Waals surface area contributed by atoms with Gasteiger partial charge in [0.25, 0.3) is 0 Å². The number of carbonyl (C=O) groups excluding carboxylic acids is 1. The molecule has 1 heterocycles. The fourth-order valence-corrected chi connectivity index (χ4v) is 2.97. The highest BCUT2D eigenvalue weighted by molar-refractivity contribution is 5.76. The second-order valence-corrected chi connectivity index (χ2v) is 6.55. The third kappa shape index (κ3) is 5.34. The smallest absolute Gasteiger partial charge is 0.220 e. The Bertz CT molecular complexity index is 940. The molecule has 1 aromatic heterocycles. The van der Waals surface area contributed by atoms with Crippen LogP contribution in [-0.2, 0) is 11.8 Å². The van der Waals surface area contributed by atoms with Gasteiger partial charge in [0.15, 0.2) is 0 Å². The van der Waals surface area contributed by atoms with E-state index in [-0.39, 0.29) is 18.1 Å². The number of hydrogen-bond acceptors (Lipinski definition) is 4. The summed E-state index contributed by atoms with van der Waals surface area (Å²) >= 11 is 0. The summed E-state index contributed by atoms with van der Waals surface area (Å²) in [5.41, 5.74) is 0.379. The van der Waals surface area contributed by atoms with Gasteiger partial charge in [-0.25, -0.2) is 9.37 Å². The standard InChI is InChI=1S/C22H24FN3O3/c1-26-14-13-24-22(26)21(18-6-3-4-7-19(18)23)25-20(27)8-5-15-29-17-11-9-16(28-2)10-12-17/h3-4,6-7,9-14,21H,5,8,15H2,1-2H3,(H,25,27). The second kappa shape index (κ2) is 9.73. The summed E-state index contributed by atoms with van der Waals surface area (Å²) in [5.74, 6) is 1.45. The quantitative estimate of drug-likeness (QED) is 0.560. The monoisotopic (exact) mass is 397 g/mol. The van der Waals surface area contributed by atoms with Gasteiger partial charge < -0.3 is 19.4 Å². The van der Waals surface area contributed by atoms with Crippen molar-refractivity contribution in [2.24, 2.45) is 7.05 Å². The fraction of sp³-hybridized carbons (Fsp3) is 0.273. The summed E-state index contributed by atoms with van der Waals surface area (Å²) < 4.78 is 26.9. The fourth-order valence-electron chi connectivity index (χ4n) is 2.97. The maximum Gasteiger partial charge on any atom is 0.220 e. The number of rotatable bonds is 9. The van der Waals surface area contributed by atoms with E-state index >= 15 is 0 Å². The summed E-state index contributed by atoms with van der Waals surface area (Å²) in [5, 5.41) is 2.90. The van der Waals surface area contributed by atoms with E-state index in [4.69, 9.17) is 9.47 Å². The van der Waals surface area contributed by atoms with Crippen molar-refractivity contribution < 1.29 is 18.7 Å². The van der Waals surface area contributed by atoms with Gasteiger partial charge in [0.2, 0.25) is 5.91 Å². The lowest BCUT2D eigenvalue weighted by atomic mass is 10.0. The van der Waals surface area contributed by atoms with Crippen molar-refractivity contribution >= 4 is 5.91 Å². The first kappa shape index (κ1) is 20.4. The summed E-state index contributed by atoms with van der Waals surface area (Å²) in [7, 11) is 3.42. The van der Waals surface area contributed by atoms with Crippen LogP contribution in [0.5, 0.6) is 11.5 Å². The molecule has 29 heavy (non-hydrogen) atoms. The molecule has 0 aliphatic carbocycles. The van der Waals surface area contributed by atoms with Crippen molar-refractivity contribution in [2.45, 2.75) is 18.9 Å². The molecule has 0 aliphatic heterocycles. The molecule has 2 aromatic carbocycles.